The number of nitrogens with one attached hydrogen (secondary N) is 1. The van der Waals surface area contributed by atoms with E-state index in [9.17, 15) is 9.59 Å². The van der Waals surface area contributed by atoms with Gasteiger partial charge in [0.15, 0.2) is 5.92 Å². The average molecular weight is 364 g/mol. The number of nitrogens with zero attached hydrogens (tertiary/aromatic N) is 2. The molecular weight excluding hydrogens is 342 g/mol. The van der Waals surface area contributed by atoms with Crippen LogP contribution in [-0.4, -0.2) is 42.4 Å². The van der Waals surface area contributed by atoms with Crippen LogP contribution in [0.3, 0.4) is 0 Å². The van der Waals surface area contributed by atoms with E-state index >= 15 is 0 Å². The number of ether oxygens (including phenoxy) is 1. The van der Waals surface area contributed by atoms with E-state index in [1.807, 2.05) is 6.07 Å². The highest BCUT2D eigenvalue weighted by atomic mass is 35.5. The van der Waals surface area contributed by atoms with Gasteiger partial charge in [-0.1, -0.05) is 23.7 Å². The Morgan fingerprint density at radius 1 is 1.36 bits per heavy atom. The molecule has 0 aliphatic carbocycles. The lowest BCUT2D eigenvalue weighted by Gasteiger charge is -2.35. The minimum Gasteiger partial charge on any atom is -0.465 e. The number of hydrogen-bond acceptors (Lipinski definition) is 5. The minimum atomic E-state index is -1.01. The molecule has 134 valence electrons. The molecule has 2 heterocycles. The first kappa shape index (κ1) is 17.7. The van der Waals surface area contributed by atoms with Crippen LogP contribution in [0.25, 0.3) is 0 Å². The number of piperidine rings is 1. The number of guanidine groups is 1. The standard InChI is InChI=1S/C18H22ClN3O3/c1-2-25-17(24)14-15(12-7-6-8-13(19)11-12)20-18(21-16(14)23)22-9-4-3-5-10-22/h6-8,11,14-15H,2-5,9-10H2,1H3,(H,20,21,23). The van der Waals surface area contributed by atoms with Crippen LogP contribution < -0.4 is 5.32 Å². The molecule has 1 fully saturated rings. The predicted octanol–water partition coefficient (Wildman–Crippen LogP) is 2.53. The number of carbonyl (C=O) groups is 2. The highest BCUT2D eigenvalue weighted by molar-refractivity contribution is 6.30. The maximum Gasteiger partial charge on any atom is 0.321 e. The quantitative estimate of drug-likeness (QED) is 0.661. The van der Waals surface area contributed by atoms with Gasteiger partial charge in [0, 0.05) is 18.1 Å². The lowest BCUT2D eigenvalue weighted by molar-refractivity contribution is -0.153. The first-order chi connectivity index (χ1) is 12.1. The van der Waals surface area contributed by atoms with E-state index in [0.717, 1.165) is 31.5 Å². The van der Waals surface area contributed by atoms with Crippen molar-refractivity contribution >= 4 is 29.4 Å². The first-order valence-electron chi connectivity index (χ1n) is 8.66. The highest BCUT2D eigenvalue weighted by Gasteiger charge is 2.42. The van der Waals surface area contributed by atoms with E-state index in [2.05, 4.69) is 10.2 Å². The molecule has 1 saturated heterocycles. The van der Waals surface area contributed by atoms with Crippen molar-refractivity contribution in [3.8, 4) is 0 Å². The van der Waals surface area contributed by atoms with E-state index in [0.29, 0.717) is 11.0 Å². The SMILES string of the molecule is CCOC(=O)C1C(=O)NC(N2CCCCC2)=NC1c1cccc(Cl)c1. The number of rotatable bonds is 3. The molecule has 1 aromatic carbocycles. The molecule has 2 atom stereocenters. The number of carbonyl (C=O) groups excluding carboxylic acids is 2. The average Bonchev–Trinajstić information content (AvgIpc) is 2.62. The number of halogens is 1. The van der Waals surface area contributed by atoms with Gasteiger partial charge >= 0.3 is 5.97 Å². The Balaban J connectivity index is 1.97. The van der Waals surface area contributed by atoms with Crippen LogP contribution in [-0.2, 0) is 14.3 Å². The van der Waals surface area contributed by atoms with Gasteiger partial charge in [0.2, 0.25) is 11.9 Å². The highest BCUT2D eigenvalue weighted by Crippen LogP contribution is 2.32. The maximum absolute atomic E-state index is 12.7. The second-order valence-corrected chi connectivity index (χ2v) is 6.66. The number of amides is 1. The van der Waals surface area contributed by atoms with E-state index < -0.39 is 17.9 Å². The Labute approximate surface area is 152 Å². The summed E-state index contributed by atoms with van der Waals surface area (Å²) < 4.78 is 5.10. The summed E-state index contributed by atoms with van der Waals surface area (Å²) >= 11 is 6.10. The van der Waals surface area contributed by atoms with Crippen LogP contribution >= 0.6 is 11.6 Å². The molecule has 1 aromatic rings. The number of benzene rings is 1. The normalized spacial score (nSPS) is 23.7. The summed E-state index contributed by atoms with van der Waals surface area (Å²) in [6, 6.07) is 6.49. The van der Waals surface area contributed by atoms with Crippen LogP contribution in [0.1, 0.15) is 37.8 Å². The number of esters is 1. The lowest BCUT2D eigenvalue weighted by Crippen LogP contribution is -2.53. The molecule has 1 amide bonds. The van der Waals surface area contributed by atoms with E-state index in [1.165, 1.54) is 6.42 Å². The molecular formula is C18H22ClN3O3. The summed E-state index contributed by atoms with van der Waals surface area (Å²) in [6.45, 7) is 3.64. The van der Waals surface area contributed by atoms with E-state index in [4.69, 9.17) is 21.3 Å². The third-order valence-corrected chi connectivity index (χ3v) is 4.72. The molecule has 1 N–H and O–H groups in total. The van der Waals surface area contributed by atoms with Crippen molar-refractivity contribution in [3.63, 3.8) is 0 Å². The molecule has 7 heteroatoms. The Bertz CT molecular complexity index is 686. The summed E-state index contributed by atoms with van der Waals surface area (Å²) in [5.41, 5.74) is 0.731. The molecule has 0 radical (unpaired) electrons. The van der Waals surface area contributed by atoms with Crippen LogP contribution in [0.2, 0.25) is 5.02 Å². The van der Waals surface area contributed by atoms with E-state index in [1.54, 1.807) is 25.1 Å². The van der Waals surface area contributed by atoms with Crippen LogP contribution in [0.5, 0.6) is 0 Å². The van der Waals surface area contributed by atoms with Crippen LogP contribution in [0, 0.1) is 5.92 Å². The van der Waals surface area contributed by atoms with Gasteiger partial charge in [-0.3, -0.25) is 14.9 Å². The number of hydrogen-bond donors (Lipinski definition) is 1. The van der Waals surface area contributed by atoms with Crippen LogP contribution in [0.15, 0.2) is 29.3 Å². The summed E-state index contributed by atoms with van der Waals surface area (Å²) in [4.78, 5) is 31.8. The number of aliphatic imine (C=N–C) groups is 1. The molecule has 0 aromatic heterocycles. The fourth-order valence-corrected chi connectivity index (χ4v) is 3.46. The Hall–Kier alpha value is -2.08. The minimum absolute atomic E-state index is 0.216. The molecule has 0 bridgehead atoms. The topological polar surface area (TPSA) is 71.0 Å². The van der Waals surface area contributed by atoms with Crippen molar-refractivity contribution in [1.82, 2.24) is 10.2 Å². The van der Waals surface area contributed by atoms with Gasteiger partial charge in [0.25, 0.3) is 0 Å². The maximum atomic E-state index is 12.7. The van der Waals surface area contributed by atoms with Crippen LogP contribution in [0.4, 0.5) is 0 Å². The summed E-state index contributed by atoms with van der Waals surface area (Å²) in [7, 11) is 0. The van der Waals surface area contributed by atoms with Gasteiger partial charge in [-0.2, -0.15) is 0 Å². The fourth-order valence-electron chi connectivity index (χ4n) is 3.26. The molecule has 25 heavy (non-hydrogen) atoms. The summed E-state index contributed by atoms with van der Waals surface area (Å²) in [5, 5.41) is 3.34. The second kappa shape index (κ2) is 7.87. The van der Waals surface area contributed by atoms with Gasteiger partial charge in [0.1, 0.15) is 6.04 Å². The molecule has 6 nitrogen and oxygen atoms in total. The first-order valence-corrected chi connectivity index (χ1v) is 9.03. The zero-order valence-electron chi connectivity index (χ0n) is 14.2. The lowest BCUT2D eigenvalue weighted by atomic mass is 9.91. The van der Waals surface area contributed by atoms with Gasteiger partial charge in [-0.15, -0.1) is 0 Å². The summed E-state index contributed by atoms with van der Waals surface area (Å²) in [5.74, 6) is -1.41. The Morgan fingerprint density at radius 3 is 2.80 bits per heavy atom. The Kier molecular flexibility index (Phi) is 5.58. The van der Waals surface area contributed by atoms with Crippen molar-refractivity contribution in [3.05, 3.63) is 34.9 Å². The molecule has 3 rings (SSSR count). The molecule has 2 unspecified atom stereocenters. The zero-order valence-corrected chi connectivity index (χ0v) is 15.0. The smallest absolute Gasteiger partial charge is 0.321 e. The second-order valence-electron chi connectivity index (χ2n) is 6.22. The van der Waals surface area contributed by atoms with Gasteiger partial charge in [-0.05, 0) is 43.9 Å². The van der Waals surface area contributed by atoms with Crippen molar-refractivity contribution in [2.75, 3.05) is 19.7 Å². The molecule has 0 saturated carbocycles. The van der Waals surface area contributed by atoms with Crippen molar-refractivity contribution in [2.45, 2.75) is 32.2 Å². The third-order valence-electron chi connectivity index (χ3n) is 4.48. The third kappa shape index (κ3) is 3.95. The van der Waals surface area contributed by atoms with Gasteiger partial charge in [0.05, 0.1) is 6.61 Å². The van der Waals surface area contributed by atoms with Gasteiger partial charge < -0.3 is 9.64 Å². The van der Waals surface area contributed by atoms with Crippen molar-refractivity contribution < 1.29 is 14.3 Å². The molecule has 2 aliphatic heterocycles. The number of likely N-dealkylation sites (tertiary alicyclic amines) is 1. The summed E-state index contributed by atoms with van der Waals surface area (Å²) in [6.07, 6.45) is 3.32. The van der Waals surface area contributed by atoms with Crippen molar-refractivity contribution in [1.29, 1.82) is 0 Å². The monoisotopic (exact) mass is 363 g/mol. The van der Waals surface area contributed by atoms with E-state index in [-0.39, 0.29) is 12.5 Å². The molecule has 0 spiro atoms. The fraction of sp³-hybridized carbons (Fsp3) is 0.500. The largest absolute Gasteiger partial charge is 0.465 e. The molecule has 2 aliphatic rings. The predicted molar refractivity (Wildman–Crippen MR) is 95.3 cm³/mol. The van der Waals surface area contributed by atoms with Crippen molar-refractivity contribution in [2.24, 2.45) is 10.9 Å². The van der Waals surface area contributed by atoms with Gasteiger partial charge in [-0.25, -0.2) is 4.99 Å². The zero-order chi connectivity index (χ0) is 17.8. The Morgan fingerprint density at radius 2 is 2.12 bits per heavy atom.